The smallest absolute Gasteiger partial charge is 0.303 e. The van der Waals surface area contributed by atoms with Gasteiger partial charge in [-0.05, 0) is 44.1 Å². The van der Waals surface area contributed by atoms with Gasteiger partial charge in [0.2, 0.25) is 5.95 Å². The fourth-order valence-corrected chi connectivity index (χ4v) is 5.37. The molecule has 0 bridgehead atoms. The fourth-order valence-electron chi connectivity index (χ4n) is 5.37. The minimum absolute atomic E-state index is 0.0798. The van der Waals surface area contributed by atoms with Crippen LogP contribution in [0.2, 0.25) is 0 Å². The number of carbonyl (C=O) groups is 2. The van der Waals surface area contributed by atoms with Gasteiger partial charge in [-0.2, -0.15) is 4.98 Å². The molecule has 10 heteroatoms. The zero-order chi connectivity index (χ0) is 23.9. The third kappa shape index (κ3) is 4.24. The summed E-state index contributed by atoms with van der Waals surface area (Å²) in [6.07, 6.45) is 3.41. The van der Waals surface area contributed by atoms with Crippen molar-refractivity contribution in [3.8, 4) is 0 Å². The van der Waals surface area contributed by atoms with Crippen LogP contribution >= 0.6 is 0 Å². The average Bonchev–Trinajstić information content (AvgIpc) is 3.09. The van der Waals surface area contributed by atoms with Crippen LogP contribution in [0.5, 0.6) is 0 Å². The molecule has 2 aromatic heterocycles. The van der Waals surface area contributed by atoms with Crippen LogP contribution in [0.15, 0.2) is 11.0 Å². The van der Waals surface area contributed by atoms with Crippen molar-refractivity contribution >= 4 is 28.7 Å². The van der Waals surface area contributed by atoms with Crippen molar-refractivity contribution in [3.05, 3.63) is 27.7 Å². The second-order valence-electron chi connectivity index (χ2n) is 9.48. The largest absolute Gasteiger partial charge is 0.481 e. The van der Waals surface area contributed by atoms with E-state index in [1.165, 1.54) is 11.5 Å². The third-order valence-electron chi connectivity index (χ3n) is 7.10. The molecule has 0 unspecified atom stereocenters. The third-order valence-corrected chi connectivity index (χ3v) is 7.10. The number of aryl methyl sites for hydroxylation is 1. The van der Waals surface area contributed by atoms with E-state index in [-0.39, 0.29) is 36.4 Å². The molecule has 0 aromatic carbocycles. The number of nitrogens with one attached hydrogen (secondary N) is 1. The Morgan fingerprint density at radius 2 is 2.12 bits per heavy atom. The molecule has 0 amide bonds. The van der Waals surface area contributed by atoms with E-state index in [1.807, 2.05) is 6.92 Å². The van der Waals surface area contributed by atoms with Crippen LogP contribution in [0.25, 0.3) is 11.0 Å². The molecule has 1 saturated heterocycles. The van der Waals surface area contributed by atoms with Crippen molar-refractivity contribution in [2.24, 2.45) is 5.41 Å². The molecule has 3 heterocycles. The van der Waals surface area contributed by atoms with Gasteiger partial charge in [0.05, 0.1) is 30.7 Å². The molecule has 33 heavy (non-hydrogen) atoms. The van der Waals surface area contributed by atoms with Gasteiger partial charge in [0, 0.05) is 24.2 Å². The van der Waals surface area contributed by atoms with Gasteiger partial charge in [-0.25, -0.2) is 4.98 Å². The molecule has 2 aromatic rings. The summed E-state index contributed by atoms with van der Waals surface area (Å²) >= 11 is 0. The Kier molecular flexibility index (Phi) is 6.24. The molecule has 1 aliphatic carbocycles. The van der Waals surface area contributed by atoms with E-state index in [4.69, 9.17) is 4.74 Å². The van der Waals surface area contributed by atoms with E-state index in [0.717, 1.165) is 6.42 Å². The predicted molar refractivity (Wildman–Crippen MR) is 121 cm³/mol. The van der Waals surface area contributed by atoms with E-state index in [1.54, 1.807) is 13.1 Å². The average molecular weight is 459 g/mol. The van der Waals surface area contributed by atoms with Gasteiger partial charge >= 0.3 is 5.97 Å². The molecule has 1 aliphatic heterocycles. The van der Waals surface area contributed by atoms with E-state index in [0.29, 0.717) is 42.5 Å². The van der Waals surface area contributed by atoms with Crippen LogP contribution < -0.4 is 10.9 Å². The molecule has 4 atom stereocenters. The number of fused-ring (bicyclic) bond motifs is 1. The lowest BCUT2D eigenvalue weighted by Gasteiger charge is -2.33. The second-order valence-corrected chi connectivity index (χ2v) is 9.48. The Hall–Kier alpha value is -2.85. The Balaban J connectivity index is 1.90. The number of carboxylic acids is 1. The number of ketones is 1. The number of pyridine rings is 1. The van der Waals surface area contributed by atoms with Gasteiger partial charge in [-0.3, -0.25) is 19.0 Å². The number of anilines is 1. The number of carbonyl (C=O) groups excluding carboxylic acids is 1. The number of aliphatic hydroxyl groups is 1. The number of ether oxygens (including phenoxy) is 1. The standard InChI is InChI=1S/C23H30N4O6/c1-12-14-10-24-22(25-15-6-8-33-11-16(15)29)26-20(14)27(21(32)19(12)13(2)28)17-5-4-7-23(17,3)9-18(30)31/h10,15-17,29H,4-9,11H2,1-3H3,(H,30,31)(H,24,25,26)/t15-,16-,17+,23+/m1/s1. The SMILES string of the molecule is CC(=O)c1c(C)c2cnc(N[C@@H]3CCOC[C@H]3O)nc2n([C@H]2CCC[C@@]2(C)CC(=O)O)c1=O. The maximum absolute atomic E-state index is 13.6. The maximum Gasteiger partial charge on any atom is 0.303 e. The number of aliphatic hydroxyl groups excluding tert-OH is 1. The van der Waals surface area contributed by atoms with Crippen molar-refractivity contribution in [1.29, 1.82) is 0 Å². The molecule has 2 aliphatic rings. The number of Topliss-reactive ketones (excluding diaryl/α,β-unsaturated/α-hetero) is 1. The van der Waals surface area contributed by atoms with E-state index < -0.39 is 29.1 Å². The minimum Gasteiger partial charge on any atom is -0.481 e. The molecule has 1 saturated carbocycles. The van der Waals surface area contributed by atoms with Gasteiger partial charge in [-0.1, -0.05) is 13.3 Å². The van der Waals surface area contributed by atoms with Crippen molar-refractivity contribution in [3.63, 3.8) is 0 Å². The van der Waals surface area contributed by atoms with Crippen LogP contribution in [-0.4, -0.2) is 61.9 Å². The normalized spacial score (nSPS) is 27.6. The van der Waals surface area contributed by atoms with Crippen LogP contribution in [0.3, 0.4) is 0 Å². The van der Waals surface area contributed by atoms with Crippen molar-refractivity contribution in [1.82, 2.24) is 14.5 Å². The highest BCUT2D eigenvalue weighted by atomic mass is 16.5. The topological polar surface area (TPSA) is 144 Å². The first-order valence-corrected chi connectivity index (χ1v) is 11.3. The highest BCUT2D eigenvalue weighted by Crippen LogP contribution is 2.49. The first kappa shape index (κ1) is 23.3. The van der Waals surface area contributed by atoms with Gasteiger partial charge < -0.3 is 20.3 Å². The molecule has 178 valence electrons. The number of nitrogens with zero attached hydrogens (tertiary/aromatic N) is 3. The van der Waals surface area contributed by atoms with E-state index in [9.17, 15) is 24.6 Å². The molecule has 10 nitrogen and oxygen atoms in total. The number of hydrogen-bond acceptors (Lipinski definition) is 8. The van der Waals surface area contributed by atoms with Crippen molar-refractivity contribution < 1.29 is 24.5 Å². The molecule has 3 N–H and O–H groups in total. The van der Waals surface area contributed by atoms with Crippen LogP contribution in [0, 0.1) is 12.3 Å². The molecule has 0 spiro atoms. The summed E-state index contributed by atoms with van der Waals surface area (Å²) in [6.45, 7) is 5.66. The van der Waals surface area contributed by atoms with Crippen LogP contribution in [0.4, 0.5) is 5.95 Å². The number of aliphatic carboxylic acids is 1. The summed E-state index contributed by atoms with van der Waals surface area (Å²) in [5, 5.41) is 23.4. The molecule has 0 radical (unpaired) electrons. The summed E-state index contributed by atoms with van der Waals surface area (Å²) in [5.74, 6) is -1.01. The van der Waals surface area contributed by atoms with Crippen LogP contribution in [-0.2, 0) is 9.53 Å². The maximum atomic E-state index is 13.6. The monoisotopic (exact) mass is 458 g/mol. The van der Waals surface area contributed by atoms with Crippen molar-refractivity contribution in [2.45, 2.75) is 71.1 Å². The summed E-state index contributed by atoms with van der Waals surface area (Å²) in [6, 6.07) is -0.712. The highest BCUT2D eigenvalue weighted by molar-refractivity contribution is 5.99. The number of rotatable bonds is 6. The zero-order valence-electron chi connectivity index (χ0n) is 19.1. The van der Waals surface area contributed by atoms with E-state index in [2.05, 4.69) is 15.3 Å². The molecular formula is C23H30N4O6. The Bertz CT molecular complexity index is 1160. The lowest BCUT2D eigenvalue weighted by molar-refractivity contribution is -0.140. The number of carboxylic acid groups (broad SMARTS) is 1. The summed E-state index contributed by atoms with van der Waals surface area (Å²) in [5.41, 5.74) is -0.149. The first-order valence-electron chi connectivity index (χ1n) is 11.3. The lowest BCUT2D eigenvalue weighted by atomic mass is 9.81. The number of hydrogen-bond donors (Lipinski definition) is 3. The highest BCUT2D eigenvalue weighted by Gasteiger charge is 2.43. The van der Waals surface area contributed by atoms with Gasteiger partial charge in [0.15, 0.2) is 5.78 Å². The van der Waals surface area contributed by atoms with Gasteiger partial charge in [-0.15, -0.1) is 0 Å². The van der Waals surface area contributed by atoms with E-state index >= 15 is 0 Å². The predicted octanol–water partition coefficient (Wildman–Crippen LogP) is 2.07. The Morgan fingerprint density at radius 1 is 1.36 bits per heavy atom. The van der Waals surface area contributed by atoms with Gasteiger partial charge in [0.1, 0.15) is 5.65 Å². The Labute approximate surface area is 191 Å². The summed E-state index contributed by atoms with van der Waals surface area (Å²) < 4.78 is 6.79. The molecular weight excluding hydrogens is 428 g/mol. The number of aromatic nitrogens is 3. The molecule has 4 rings (SSSR count). The summed E-state index contributed by atoms with van der Waals surface area (Å²) in [7, 11) is 0. The summed E-state index contributed by atoms with van der Waals surface area (Å²) in [4.78, 5) is 46.7. The zero-order valence-corrected chi connectivity index (χ0v) is 19.1. The Morgan fingerprint density at radius 3 is 2.79 bits per heavy atom. The van der Waals surface area contributed by atoms with Gasteiger partial charge in [0.25, 0.3) is 5.56 Å². The minimum atomic E-state index is -0.925. The lowest BCUT2D eigenvalue weighted by Crippen LogP contribution is -2.42. The quantitative estimate of drug-likeness (QED) is 0.554. The fraction of sp³-hybridized carbons (Fsp3) is 0.609. The van der Waals surface area contributed by atoms with Crippen molar-refractivity contribution in [2.75, 3.05) is 18.5 Å². The molecule has 2 fully saturated rings. The van der Waals surface area contributed by atoms with Crippen LogP contribution in [0.1, 0.15) is 67.9 Å². The first-order chi connectivity index (χ1) is 15.6. The second kappa shape index (κ2) is 8.83.